The summed E-state index contributed by atoms with van der Waals surface area (Å²) in [6.07, 6.45) is -2.10. The fraction of sp³-hybridized carbons (Fsp3) is 0.550. The van der Waals surface area contributed by atoms with Gasteiger partial charge in [0.1, 0.15) is 11.8 Å². The molecule has 5 nitrogen and oxygen atoms in total. The molecule has 0 aromatic heterocycles. The Bertz CT molecular complexity index is 812. The number of halogens is 3. The monoisotopic (exact) mass is 427 g/mol. The number of amidine groups is 1. The predicted molar refractivity (Wildman–Crippen MR) is 107 cm³/mol. The highest BCUT2D eigenvalue weighted by molar-refractivity contribution is 8.15. The van der Waals surface area contributed by atoms with Crippen LogP contribution >= 0.6 is 11.8 Å². The Morgan fingerprint density at radius 2 is 2.10 bits per heavy atom. The summed E-state index contributed by atoms with van der Waals surface area (Å²) < 4.78 is 36.9. The number of thioether (sulfide) groups is 1. The zero-order valence-corrected chi connectivity index (χ0v) is 17.1. The topological polar surface area (TPSA) is 61.8 Å². The molecule has 0 bridgehead atoms. The number of alkyl halides is 3. The van der Waals surface area contributed by atoms with Gasteiger partial charge in [-0.1, -0.05) is 44.2 Å². The Morgan fingerprint density at radius 1 is 1.34 bits per heavy atom. The van der Waals surface area contributed by atoms with Crippen LogP contribution in [0.3, 0.4) is 0 Å². The van der Waals surface area contributed by atoms with Gasteiger partial charge in [0.15, 0.2) is 5.17 Å². The zero-order chi connectivity index (χ0) is 21.2. The third-order valence-electron chi connectivity index (χ3n) is 5.11. The van der Waals surface area contributed by atoms with Gasteiger partial charge in [0, 0.05) is 12.5 Å². The van der Waals surface area contributed by atoms with Crippen LogP contribution in [0.2, 0.25) is 0 Å². The van der Waals surface area contributed by atoms with E-state index < -0.39 is 23.9 Å². The number of nitrogens with zero attached hydrogens (tertiary/aromatic N) is 2. The molecular formula is C20H24F3N3O2S. The van der Waals surface area contributed by atoms with Crippen LogP contribution in [0, 0.1) is 5.92 Å². The number of carbonyl (C=O) groups excluding carboxylic acids is 2. The Hall–Kier alpha value is -2.03. The fourth-order valence-corrected chi connectivity index (χ4v) is 4.58. The van der Waals surface area contributed by atoms with E-state index in [9.17, 15) is 22.8 Å². The van der Waals surface area contributed by atoms with E-state index in [0.29, 0.717) is 11.1 Å². The van der Waals surface area contributed by atoms with E-state index in [0.717, 1.165) is 42.3 Å². The molecule has 3 atom stereocenters. The van der Waals surface area contributed by atoms with Crippen molar-refractivity contribution in [1.29, 1.82) is 0 Å². The number of aliphatic imine (C=N–C) groups is 1. The average Bonchev–Trinajstić information content (AvgIpc) is 3.38. The van der Waals surface area contributed by atoms with Crippen molar-refractivity contribution in [3.05, 3.63) is 29.8 Å². The summed E-state index contributed by atoms with van der Waals surface area (Å²) in [5.74, 6) is -0.641. The highest BCUT2D eigenvalue weighted by Gasteiger charge is 2.51. The number of amides is 2. The lowest BCUT2D eigenvalue weighted by molar-refractivity contribution is -0.139. The number of rotatable bonds is 7. The van der Waals surface area contributed by atoms with Crippen LogP contribution in [0.15, 0.2) is 29.3 Å². The molecule has 2 amide bonds. The highest BCUT2D eigenvalue weighted by Crippen LogP contribution is 2.44. The number of benzene rings is 1. The quantitative estimate of drug-likeness (QED) is 0.714. The molecule has 29 heavy (non-hydrogen) atoms. The standard InChI is InChI=1S/C20H24F3N3O2S/c1-3-12-6-5-7-14(8-12)25-19-26(15-9-13(15)4-2)18(28)16(29-19)10-17(27)24-11-20(21,22)23/h5-8,13,15-16H,3-4,9-11H2,1-2H3,(H,24,27)/t13-,15-,16?/m1/s1. The highest BCUT2D eigenvalue weighted by atomic mass is 32.2. The first-order valence-electron chi connectivity index (χ1n) is 9.72. The number of hydrogen-bond donors (Lipinski definition) is 1. The number of carbonyl (C=O) groups is 2. The smallest absolute Gasteiger partial charge is 0.347 e. The predicted octanol–water partition coefficient (Wildman–Crippen LogP) is 4.05. The van der Waals surface area contributed by atoms with Crippen LogP contribution in [0.5, 0.6) is 0 Å². The minimum atomic E-state index is -4.48. The molecule has 1 aliphatic heterocycles. The molecule has 1 unspecified atom stereocenters. The van der Waals surface area contributed by atoms with Crippen LogP contribution in [-0.2, 0) is 16.0 Å². The van der Waals surface area contributed by atoms with E-state index in [4.69, 9.17) is 0 Å². The van der Waals surface area contributed by atoms with Gasteiger partial charge in [-0.25, -0.2) is 4.99 Å². The van der Waals surface area contributed by atoms with Crippen LogP contribution in [0.25, 0.3) is 0 Å². The van der Waals surface area contributed by atoms with Gasteiger partial charge in [-0.2, -0.15) is 13.2 Å². The lowest BCUT2D eigenvalue weighted by atomic mass is 10.1. The average molecular weight is 427 g/mol. The summed E-state index contributed by atoms with van der Waals surface area (Å²) >= 11 is 1.16. The number of hydrogen-bond acceptors (Lipinski definition) is 4. The molecule has 3 rings (SSSR count). The SMILES string of the molecule is CCc1cccc(N=C2SC(CC(=O)NCC(F)(F)F)C(=O)N2[C@@H]2C[C@H]2CC)c1. The van der Waals surface area contributed by atoms with Gasteiger partial charge >= 0.3 is 6.18 Å². The first kappa shape index (κ1) is 21.7. The molecule has 1 aromatic rings. The molecular weight excluding hydrogens is 403 g/mol. The summed E-state index contributed by atoms with van der Waals surface area (Å²) in [5.41, 5.74) is 1.84. The summed E-state index contributed by atoms with van der Waals surface area (Å²) in [6.45, 7) is 2.70. The Balaban J connectivity index is 1.77. The Kier molecular flexibility index (Phi) is 6.55. The van der Waals surface area contributed by atoms with Crippen molar-refractivity contribution < 1.29 is 22.8 Å². The van der Waals surface area contributed by atoms with E-state index in [-0.39, 0.29) is 18.4 Å². The third kappa shape index (κ3) is 5.52. The van der Waals surface area contributed by atoms with Crippen LogP contribution in [0.4, 0.5) is 18.9 Å². The van der Waals surface area contributed by atoms with Crippen molar-refractivity contribution >= 4 is 34.4 Å². The van der Waals surface area contributed by atoms with Crippen LogP contribution in [0.1, 0.15) is 38.7 Å². The maximum Gasteiger partial charge on any atom is 0.405 e. The van der Waals surface area contributed by atoms with Gasteiger partial charge in [0.25, 0.3) is 0 Å². The molecule has 1 N–H and O–H groups in total. The molecule has 1 saturated heterocycles. The number of aryl methyl sites for hydroxylation is 1. The molecule has 2 aliphatic rings. The second-order valence-corrected chi connectivity index (χ2v) is 8.47. The minimum absolute atomic E-state index is 0.0522. The lowest BCUT2D eigenvalue weighted by Gasteiger charge is -2.16. The molecule has 1 saturated carbocycles. The second kappa shape index (κ2) is 8.77. The zero-order valence-electron chi connectivity index (χ0n) is 16.3. The van der Waals surface area contributed by atoms with Crippen molar-refractivity contribution in [2.45, 2.75) is 57.0 Å². The molecule has 1 heterocycles. The second-order valence-electron chi connectivity index (χ2n) is 7.30. The fourth-order valence-electron chi connectivity index (χ4n) is 3.38. The molecule has 0 radical (unpaired) electrons. The van der Waals surface area contributed by atoms with Gasteiger partial charge in [0.05, 0.1) is 5.69 Å². The Morgan fingerprint density at radius 3 is 2.72 bits per heavy atom. The summed E-state index contributed by atoms with van der Waals surface area (Å²) in [5, 5.41) is 1.61. The van der Waals surface area contributed by atoms with E-state index in [2.05, 4.69) is 11.9 Å². The third-order valence-corrected chi connectivity index (χ3v) is 6.26. The van der Waals surface area contributed by atoms with E-state index in [1.807, 2.05) is 36.5 Å². The summed E-state index contributed by atoms with van der Waals surface area (Å²) in [7, 11) is 0. The first-order valence-corrected chi connectivity index (χ1v) is 10.6. The normalized spacial score (nSPS) is 25.6. The maximum absolute atomic E-state index is 12.9. The molecule has 158 valence electrons. The van der Waals surface area contributed by atoms with Gasteiger partial charge in [-0.15, -0.1) is 0 Å². The van der Waals surface area contributed by atoms with Gasteiger partial charge in [0.2, 0.25) is 11.8 Å². The molecule has 2 fully saturated rings. The van der Waals surface area contributed by atoms with Gasteiger partial charge < -0.3 is 5.32 Å². The molecule has 1 aromatic carbocycles. The number of nitrogens with one attached hydrogen (secondary N) is 1. The van der Waals surface area contributed by atoms with Crippen molar-refractivity contribution in [2.75, 3.05) is 6.54 Å². The van der Waals surface area contributed by atoms with Crippen molar-refractivity contribution in [3.63, 3.8) is 0 Å². The summed E-state index contributed by atoms with van der Waals surface area (Å²) in [4.78, 5) is 31.1. The van der Waals surface area contributed by atoms with Crippen molar-refractivity contribution in [2.24, 2.45) is 10.9 Å². The van der Waals surface area contributed by atoms with Crippen LogP contribution < -0.4 is 5.32 Å². The van der Waals surface area contributed by atoms with E-state index in [1.54, 1.807) is 4.90 Å². The van der Waals surface area contributed by atoms with Gasteiger partial charge in [-0.05, 0) is 36.5 Å². The first-order chi connectivity index (χ1) is 13.7. The van der Waals surface area contributed by atoms with Crippen molar-refractivity contribution in [3.8, 4) is 0 Å². The van der Waals surface area contributed by atoms with Gasteiger partial charge in [-0.3, -0.25) is 14.5 Å². The summed E-state index contributed by atoms with van der Waals surface area (Å²) in [6, 6.07) is 7.75. The molecule has 0 spiro atoms. The minimum Gasteiger partial charge on any atom is -0.347 e. The molecule has 1 aliphatic carbocycles. The van der Waals surface area contributed by atoms with E-state index >= 15 is 0 Å². The van der Waals surface area contributed by atoms with Crippen LogP contribution in [-0.4, -0.2) is 45.9 Å². The maximum atomic E-state index is 12.9. The molecule has 9 heteroatoms. The largest absolute Gasteiger partial charge is 0.405 e. The Labute approximate surface area is 172 Å². The van der Waals surface area contributed by atoms with Crippen molar-refractivity contribution in [1.82, 2.24) is 10.2 Å². The lowest BCUT2D eigenvalue weighted by Crippen LogP contribution is -2.38. The van der Waals surface area contributed by atoms with E-state index in [1.165, 1.54) is 0 Å².